The van der Waals surface area contributed by atoms with E-state index in [1.54, 1.807) is 24.8 Å². The maximum absolute atomic E-state index is 11.4. The van der Waals surface area contributed by atoms with Crippen LogP contribution in [0.15, 0.2) is 126 Å². The van der Waals surface area contributed by atoms with Crippen LogP contribution in [0.2, 0.25) is 0 Å². The summed E-state index contributed by atoms with van der Waals surface area (Å²) in [6.07, 6.45) is 9.12. The fourth-order valence-electron chi connectivity index (χ4n) is 11.1. The summed E-state index contributed by atoms with van der Waals surface area (Å²) in [5.74, 6) is 2.64. The second-order valence-corrected chi connectivity index (χ2v) is 25.3. The molecule has 0 unspecified atom stereocenters. The first-order valence-corrected chi connectivity index (χ1v) is 33.0. The average molecular weight is 1350 g/mol. The van der Waals surface area contributed by atoms with Gasteiger partial charge in [0.1, 0.15) is 22.5 Å². The van der Waals surface area contributed by atoms with Gasteiger partial charge in [-0.15, -0.1) is 0 Å². The summed E-state index contributed by atoms with van der Waals surface area (Å²) < 4.78 is 45.8. The minimum absolute atomic E-state index is 0.150. The number of carbonyl (C=O) groups is 2. The molecule has 20 nitrogen and oxygen atoms in total. The molecule has 4 N–H and O–H groups in total. The number of pyridine rings is 4. The number of hydrogen-bond donors (Lipinski definition) is 4. The highest BCUT2D eigenvalue weighted by Crippen LogP contribution is 2.39. The zero-order valence-electron chi connectivity index (χ0n) is 56.0. The van der Waals surface area contributed by atoms with Gasteiger partial charge < -0.3 is 59.0 Å². The summed E-state index contributed by atoms with van der Waals surface area (Å²) in [6, 6.07) is 32.6. The molecule has 94 heavy (non-hydrogen) atoms. The Morgan fingerprint density at radius 1 is 0.564 bits per heavy atom. The van der Waals surface area contributed by atoms with Crippen molar-refractivity contribution in [1.82, 2.24) is 40.4 Å². The van der Waals surface area contributed by atoms with E-state index in [4.69, 9.17) is 28.3 Å². The minimum atomic E-state index is -0.350. The van der Waals surface area contributed by atoms with E-state index in [1.165, 1.54) is 14.2 Å². The summed E-state index contributed by atoms with van der Waals surface area (Å²) >= 11 is 3.54. The molecule has 4 aromatic heterocycles. The zero-order valence-corrected chi connectivity index (χ0v) is 57.6. The molecule has 0 atom stereocenters. The van der Waals surface area contributed by atoms with Gasteiger partial charge in [0.25, 0.3) is 0 Å². The van der Waals surface area contributed by atoms with E-state index in [1.807, 2.05) is 55.5 Å². The third-order valence-electron chi connectivity index (χ3n) is 17.4. The topological polar surface area (TPSA) is 214 Å². The number of morpholine rings is 2. The van der Waals surface area contributed by atoms with Crippen LogP contribution in [-0.4, -0.2) is 166 Å². The monoisotopic (exact) mass is 1340 g/mol. The lowest BCUT2D eigenvalue weighted by Gasteiger charge is -2.32. The number of methoxy groups -OCH3 is 2. The van der Waals surface area contributed by atoms with Crippen molar-refractivity contribution in [1.29, 1.82) is 0 Å². The number of anilines is 4. The van der Waals surface area contributed by atoms with Gasteiger partial charge in [0, 0.05) is 104 Å². The van der Waals surface area contributed by atoms with E-state index < -0.39 is 0 Å². The molecule has 4 aromatic carbocycles. The highest BCUT2D eigenvalue weighted by Gasteiger charge is 2.52. The fourth-order valence-corrected chi connectivity index (χ4v) is 11.4. The number of benzene rings is 4. The van der Waals surface area contributed by atoms with Gasteiger partial charge in [-0.25, -0.2) is 9.97 Å². The van der Waals surface area contributed by atoms with Crippen LogP contribution in [-0.2, 0) is 50.9 Å². The van der Waals surface area contributed by atoms with Crippen LogP contribution in [0.1, 0.15) is 73.9 Å². The number of esters is 2. The maximum atomic E-state index is 11.4. The van der Waals surface area contributed by atoms with Gasteiger partial charge in [0.15, 0.2) is 11.6 Å². The van der Waals surface area contributed by atoms with Gasteiger partial charge in [0.05, 0.1) is 78.2 Å². The zero-order chi connectivity index (χ0) is 66.6. The second-order valence-electron chi connectivity index (χ2n) is 24.4. The molecule has 3 fully saturated rings. The first kappa shape index (κ1) is 70.7. The van der Waals surface area contributed by atoms with Crippen molar-refractivity contribution in [3.63, 3.8) is 0 Å². The molecule has 0 spiro atoms. The van der Waals surface area contributed by atoms with E-state index in [0.717, 1.165) is 178 Å². The van der Waals surface area contributed by atoms with Crippen LogP contribution < -0.4 is 36.2 Å². The van der Waals surface area contributed by atoms with Crippen molar-refractivity contribution < 1.29 is 47.3 Å². The van der Waals surface area contributed by atoms with Crippen LogP contribution >= 0.6 is 15.9 Å². The standard InChI is InChI=1S/C33H39N5O4.C20H32BNO4.C19H19BrN4O2/c1-23-27(28-8-5-10-30(24(28)2)42-16-6-13-38-14-17-41-18-15-38)7-4-9-29(23)37-33-32-26(11-12-35-33)19-25(21-36-32)20-34-22-31(39)40-3;1-16-17(21-25-19(2,3)20(4,5)26-21)8-6-9-18(16)24-13-7-10-22-11-14-23-15-12-22;1-12-15(20)4-3-5-16(12)24-19-18-14(6-7-22-19)8-13(10-23-18)9-21-11-17(25)26-2/h4-5,7-12,19,21,34H,6,13-18,20,22H2,1-3H3,(H,35,37);6,8-9H,7,10-15H2,1-5H3;3-8,10,21H,9,11H2,1-2H3,(H,22,24). The molecule has 8 aromatic rings. The van der Waals surface area contributed by atoms with Crippen molar-refractivity contribution in [2.45, 2.75) is 92.5 Å². The lowest BCUT2D eigenvalue weighted by atomic mass is 9.76. The van der Waals surface area contributed by atoms with Crippen molar-refractivity contribution in [2.24, 2.45) is 0 Å². The second kappa shape index (κ2) is 34.2. The molecule has 3 aliphatic rings. The quantitative estimate of drug-likeness (QED) is 0.0251. The molecule has 3 saturated heterocycles. The highest BCUT2D eigenvalue weighted by molar-refractivity contribution is 9.10. The smallest absolute Gasteiger partial charge is 0.493 e. The van der Waals surface area contributed by atoms with Crippen molar-refractivity contribution in [3.05, 3.63) is 160 Å². The van der Waals surface area contributed by atoms with Gasteiger partial charge >= 0.3 is 19.1 Å². The van der Waals surface area contributed by atoms with Gasteiger partial charge in [-0.3, -0.25) is 29.4 Å². The molecule has 11 rings (SSSR count). The van der Waals surface area contributed by atoms with Crippen molar-refractivity contribution >= 4 is 85.3 Å². The third kappa shape index (κ3) is 19.1. The Morgan fingerprint density at radius 3 is 1.51 bits per heavy atom. The minimum Gasteiger partial charge on any atom is -0.493 e. The van der Waals surface area contributed by atoms with Crippen LogP contribution in [0.25, 0.3) is 32.9 Å². The SMILES string of the molecule is COC(=O)CNCc1cnc2c(Nc3cccc(-c4cccc(OCCCN5CCOCC5)c4C)c3C)nccc2c1.COC(=O)CNCc1cnc2c(Nc3cccc(Br)c3C)nccc2c1.Cc1c(OCCCN2CCOCC2)cccc1B1OC(C)(C)C(C)(C)O1. The fraction of sp³-hybridized carbons (Fsp3) is 0.417. The Labute approximate surface area is 561 Å². The number of nitrogens with one attached hydrogen (secondary N) is 4. The molecular weight excluding hydrogens is 1260 g/mol. The predicted molar refractivity (Wildman–Crippen MR) is 375 cm³/mol. The van der Waals surface area contributed by atoms with Crippen LogP contribution in [0.4, 0.5) is 23.0 Å². The molecular formula is C72H90BBrN10O10. The van der Waals surface area contributed by atoms with E-state index in [2.05, 4.69) is 173 Å². The van der Waals surface area contributed by atoms with Crippen LogP contribution in [0.5, 0.6) is 11.5 Å². The van der Waals surface area contributed by atoms with Gasteiger partial charge in [-0.2, -0.15) is 0 Å². The predicted octanol–water partition coefficient (Wildman–Crippen LogP) is 11.1. The average Bonchev–Trinajstić information content (AvgIpc) is 1.57. The molecule has 0 amide bonds. The number of halogens is 1. The van der Waals surface area contributed by atoms with E-state index in [9.17, 15) is 9.59 Å². The van der Waals surface area contributed by atoms with Gasteiger partial charge in [0.2, 0.25) is 0 Å². The molecule has 22 heteroatoms. The lowest BCUT2D eigenvalue weighted by molar-refractivity contribution is -0.140. The number of carbonyl (C=O) groups excluding carboxylic acids is 2. The number of nitrogens with zero attached hydrogens (tertiary/aromatic N) is 6. The summed E-state index contributed by atoms with van der Waals surface area (Å²) in [5, 5.41) is 14.9. The largest absolute Gasteiger partial charge is 0.495 e. The maximum Gasteiger partial charge on any atom is 0.495 e. The molecule has 498 valence electrons. The van der Waals surface area contributed by atoms with Crippen molar-refractivity contribution in [2.75, 3.05) is 117 Å². The van der Waals surface area contributed by atoms with E-state index in [-0.39, 0.29) is 43.3 Å². The van der Waals surface area contributed by atoms with E-state index >= 15 is 0 Å². The number of fused-ring (bicyclic) bond motifs is 2. The number of ether oxygens (including phenoxy) is 6. The first-order chi connectivity index (χ1) is 45.4. The molecule has 3 aliphatic heterocycles. The van der Waals surface area contributed by atoms with Gasteiger partial charge in [-0.1, -0.05) is 58.4 Å². The summed E-state index contributed by atoms with van der Waals surface area (Å²) in [6.45, 7) is 28.9. The Kier molecular flexibility index (Phi) is 25.7. The summed E-state index contributed by atoms with van der Waals surface area (Å²) in [5.41, 5.74) is 12.6. The third-order valence-corrected chi connectivity index (χ3v) is 18.3. The number of hydrogen-bond acceptors (Lipinski definition) is 20. The van der Waals surface area contributed by atoms with Crippen molar-refractivity contribution in [3.8, 4) is 22.6 Å². The number of aromatic nitrogens is 4. The normalized spacial score (nSPS) is 15.3. The molecule has 0 bridgehead atoms. The van der Waals surface area contributed by atoms with E-state index in [0.29, 0.717) is 37.9 Å². The Hall–Kier alpha value is -7.64. The lowest BCUT2D eigenvalue weighted by Crippen LogP contribution is -2.41. The first-order valence-electron chi connectivity index (χ1n) is 32.2. The Morgan fingerprint density at radius 2 is 1.01 bits per heavy atom. The number of rotatable bonds is 24. The molecule has 0 radical (unpaired) electrons. The molecule has 0 saturated carbocycles. The Bertz CT molecular complexity index is 3810. The highest BCUT2D eigenvalue weighted by atomic mass is 79.9. The summed E-state index contributed by atoms with van der Waals surface area (Å²) in [7, 11) is 2.40. The van der Waals surface area contributed by atoms with Crippen LogP contribution in [0.3, 0.4) is 0 Å². The molecule has 7 heterocycles. The Balaban J connectivity index is 0.000000174. The summed E-state index contributed by atoms with van der Waals surface area (Å²) in [4.78, 5) is 45.7. The van der Waals surface area contributed by atoms with Crippen LogP contribution in [0, 0.1) is 27.7 Å². The molecule has 0 aliphatic carbocycles. The van der Waals surface area contributed by atoms with Gasteiger partial charge in [-0.05, 0) is 173 Å².